The Hall–Kier alpha value is -2.69. The highest BCUT2D eigenvalue weighted by molar-refractivity contribution is 5.76. The number of carbonyl (C=O) groups is 1. The molecule has 5 heteroatoms. The Bertz CT molecular complexity index is 775. The lowest BCUT2D eigenvalue weighted by Gasteiger charge is -2.22. The average Bonchev–Trinajstić information content (AvgIpc) is 2.69. The summed E-state index contributed by atoms with van der Waals surface area (Å²) in [6.45, 7) is 5.74. The van der Waals surface area contributed by atoms with Gasteiger partial charge in [0.15, 0.2) is 11.5 Å². The number of hydrogen-bond donors (Lipinski definition) is 1. The van der Waals surface area contributed by atoms with Crippen LogP contribution in [-0.4, -0.2) is 25.7 Å². The lowest BCUT2D eigenvalue weighted by molar-refractivity contribution is -0.122. The van der Waals surface area contributed by atoms with Gasteiger partial charge in [-0.05, 0) is 55.2 Å². The number of aryl methyl sites for hydroxylation is 1. The predicted molar refractivity (Wildman–Crippen MR) is 105 cm³/mol. The molecular weight excluding hydrogens is 342 g/mol. The minimum Gasteiger partial charge on any atom is -0.494 e. The third-order valence-corrected chi connectivity index (χ3v) is 4.52. The molecule has 5 nitrogen and oxygen atoms in total. The number of nitrogens with one attached hydrogen (secondary N) is 1. The van der Waals surface area contributed by atoms with Crippen molar-refractivity contribution >= 4 is 5.91 Å². The van der Waals surface area contributed by atoms with E-state index in [0.717, 1.165) is 34.8 Å². The van der Waals surface area contributed by atoms with Crippen molar-refractivity contribution in [2.75, 3.05) is 19.8 Å². The second-order valence-electron chi connectivity index (χ2n) is 6.70. The van der Waals surface area contributed by atoms with Crippen LogP contribution < -0.4 is 19.5 Å². The minimum absolute atomic E-state index is 0.0320. The van der Waals surface area contributed by atoms with Crippen LogP contribution in [0.2, 0.25) is 0 Å². The van der Waals surface area contributed by atoms with Gasteiger partial charge in [-0.15, -0.1) is 0 Å². The Balaban J connectivity index is 1.47. The number of carbonyl (C=O) groups excluding carboxylic acids is 1. The molecule has 0 bridgehead atoms. The summed E-state index contributed by atoms with van der Waals surface area (Å²) in [6.07, 6.45) is 1.93. The van der Waals surface area contributed by atoms with Crippen LogP contribution in [0.5, 0.6) is 17.2 Å². The largest absolute Gasteiger partial charge is 0.494 e. The van der Waals surface area contributed by atoms with Crippen LogP contribution in [0.4, 0.5) is 0 Å². The van der Waals surface area contributed by atoms with Gasteiger partial charge in [0.05, 0.1) is 12.6 Å². The molecule has 0 fully saturated rings. The Morgan fingerprint density at radius 1 is 1.15 bits per heavy atom. The van der Waals surface area contributed by atoms with Gasteiger partial charge in [-0.2, -0.15) is 0 Å². The van der Waals surface area contributed by atoms with E-state index in [-0.39, 0.29) is 11.9 Å². The molecule has 1 aliphatic heterocycles. The number of ether oxygens (including phenoxy) is 3. The maximum absolute atomic E-state index is 12.3. The van der Waals surface area contributed by atoms with Crippen LogP contribution in [0.15, 0.2) is 42.5 Å². The fourth-order valence-electron chi connectivity index (χ4n) is 3.09. The maximum Gasteiger partial charge on any atom is 0.220 e. The number of hydrogen-bond acceptors (Lipinski definition) is 4. The van der Waals surface area contributed by atoms with Crippen molar-refractivity contribution in [1.29, 1.82) is 0 Å². The summed E-state index contributed by atoms with van der Waals surface area (Å²) >= 11 is 0. The lowest BCUT2D eigenvalue weighted by Crippen LogP contribution is -2.28. The highest BCUT2D eigenvalue weighted by atomic mass is 16.6. The minimum atomic E-state index is -0.0361. The van der Waals surface area contributed by atoms with E-state index in [0.29, 0.717) is 32.7 Å². The normalized spacial score (nSPS) is 13.7. The fraction of sp³-hybridized carbons (Fsp3) is 0.409. The smallest absolute Gasteiger partial charge is 0.220 e. The van der Waals surface area contributed by atoms with E-state index in [4.69, 9.17) is 14.2 Å². The van der Waals surface area contributed by atoms with Crippen molar-refractivity contribution in [2.24, 2.45) is 0 Å². The Labute approximate surface area is 160 Å². The number of fused-ring (bicyclic) bond motifs is 1. The summed E-state index contributed by atoms with van der Waals surface area (Å²) in [5.41, 5.74) is 2.20. The zero-order valence-corrected chi connectivity index (χ0v) is 16.0. The monoisotopic (exact) mass is 369 g/mol. The molecule has 1 N–H and O–H groups in total. The number of rotatable bonds is 8. The summed E-state index contributed by atoms with van der Waals surface area (Å²) in [7, 11) is 0. The van der Waals surface area contributed by atoms with Crippen molar-refractivity contribution in [3.8, 4) is 17.2 Å². The van der Waals surface area contributed by atoms with Gasteiger partial charge < -0.3 is 19.5 Å². The zero-order chi connectivity index (χ0) is 19.1. The zero-order valence-electron chi connectivity index (χ0n) is 16.0. The summed E-state index contributed by atoms with van der Waals surface area (Å²) in [5, 5.41) is 3.11. The molecule has 1 aliphatic rings. The molecule has 1 amide bonds. The first kappa shape index (κ1) is 19.1. The molecule has 2 aromatic carbocycles. The van der Waals surface area contributed by atoms with E-state index in [1.807, 2.05) is 49.4 Å². The van der Waals surface area contributed by atoms with Gasteiger partial charge in [-0.3, -0.25) is 4.79 Å². The van der Waals surface area contributed by atoms with Gasteiger partial charge in [0.25, 0.3) is 0 Å². The van der Waals surface area contributed by atoms with E-state index in [1.54, 1.807) is 0 Å². The first-order valence-electron chi connectivity index (χ1n) is 9.54. The van der Waals surface area contributed by atoms with Crippen LogP contribution in [-0.2, 0) is 4.79 Å². The van der Waals surface area contributed by atoms with Gasteiger partial charge >= 0.3 is 0 Å². The van der Waals surface area contributed by atoms with Gasteiger partial charge in [0, 0.05) is 6.42 Å². The molecule has 0 spiro atoms. The van der Waals surface area contributed by atoms with Gasteiger partial charge in [0.1, 0.15) is 19.0 Å². The third-order valence-electron chi connectivity index (χ3n) is 4.52. The van der Waals surface area contributed by atoms with Crippen LogP contribution in [0.25, 0.3) is 0 Å². The molecule has 1 unspecified atom stereocenters. The first-order valence-corrected chi connectivity index (χ1v) is 9.54. The van der Waals surface area contributed by atoms with Crippen molar-refractivity contribution in [1.82, 2.24) is 5.32 Å². The predicted octanol–water partition coefficient (Wildman–Crippen LogP) is 4.19. The molecule has 1 heterocycles. The Morgan fingerprint density at radius 3 is 2.74 bits per heavy atom. The quantitative estimate of drug-likeness (QED) is 0.709. The second-order valence-corrected chi connectivity index (χ2v) is 6.70. The summed E-state index contributed by atoms with van der Waals surface area (Å²) in [4.78, 5) is 12.3. The lowest BCUT2D eigenvalue weighted by atomic mass is 10.0. The highest BCUT2D eigenvalue weighted by Crippen LogP contribution is 2.33. The van der Waals surface area contributed by atoms with Crippen LogP contribution >= 0.6 is 0 Å². The SMILES string of the molecule is CCC(NC(=O)CCCOc1cccc(C)c1)c1ccc2c(c1)OCCO2. The molecule has 2 aromatic rings. The number of benzene rings is 2. The Kier molecular flexibility index (Phi) is 6.58. The number of amides is 1. The summed E-state index contributed by atoms with van der Waals surface area (Å²) < 4.78 is 16.9. The molecule has 0 radical (unpaired) electrons. The molecule has 1 atom stereocenters. The molecule has 0 saturated heterocycles. The van der Waals surface area contributed by atoms with Crippen LogP contribution in [0.1, 0.15) is 43.4 Å². The maximum atomic E-state index is 12.3. The standard InChI is InChI=1S/C22H27NO4/c1-3-19(17-9-10-20-21(15-17)27-13-12-26-20)23-22(24)8-5-11-25-18-7-4-6-16(2)14-18/h4,6-7,9-10,14-15,19H,3,5,8,11-13H2,1-2H3,(H,23,24). The van der Waals surface area contributed by atoms with E-state index < -0.39 is 0 Å². The van der Waals surface area contributed by atoms with Crippen molar-refractivity contribution in [2.45, 2.75) is 39.2 Å². The molecule has 0 saturated carbocycles. The molecule has 0 aliphatic carbocycles. The van der Waals surface area contributed by atoms with Crippen molar-refractivity contribution < 1.29 is 19.0 Å². The van der Waals surface area contributed by atoms with Gasteiger partial charge in [0.2, 0.25) is 5.91 Å². The van der Waals surface area contributed by atoms with E-state index in [1.165, 1.54) is 0 Å². The van der Waals surface area contributed by atoms with Crippen molar-refractivity contribution in [3.05, 3.63) is 53.6 Å². The summed E-state index contributed by atoms with van der Waals surface area (Å²) in [6, 6.07) is 13.8. The molecule has 144 valence electrons. The van der Waals surface area contributed by atoms with Crippen molar-refractivity contribution in [3.63, 3.8) is 0 Å². The highest BCUT2D eigenvalue weighted by Gasteiger charge is 2.17. The van der Waals surface area contributed by atoms with Gasteiger partial charge in [-0.1, -0.05) is 25.1 Å². The fourth-order valence-corrected chi connectivity index (χ4v) is 3.09. The molecule has 0 aromatic heterocycles. The molecular formula is C22H27NO4. The topological polar surface area (TPSA) is 56.8 Å². The Morgan fingerprint density at radius 2 is 1.96 bits per heavy atom. The van der Waals surface area contributed by atoms with Crippen LogP contribution in [0.3, 0.4) is 0 Å². The molecule has 3 rings (SSSR count). The van der Waals surface area contributed by atoms with Gasteiger partial charge in [-0.25, -0.2) is 0 Å². The average molecular weight is 369 g/mol. The van der Waals surface area contributed by atoms with E-state index in [9.17, 15) is 4.79 Å². The van der Waals surface area contributed by atoms with E-state index >= 15 is 0 Å². The third kappa shape index (κ3) is 5.39. The molecule has 27 heavy (non-hydrogen) atoms. The van der Waals surface area contributed by atoms with E-state index in [2.05, 4.69) is 12.2 Å². The first-order chi connectivity index (χ1) is 13.2. The summed E-state index contributed by atoms with van der Waals surface area (Å²) in [5.74, 6) is 2.39. The second kappa shape index (κ2) is 9.31. The van der Waals surface area contributed by atoms with Crippen LogP contribution in [0, 0.1) is 6.92 Å².